The summed E-state index contributed by atoms with van der Waals surface area (Å²) < 4.78 is 2.47. The zero-order valence-corrected chi connectivity index (χ0v) is 26.6. The number of hydrogen-bond acceptors (Lipinski definition) is 2. The lowest BCUT2D eigenvalue weighted by Crippen LogP contribution is -1.96. The second-order valence-corrected chi connectivity index (χ2v) is 12.6. The Kier molecular flexibility index (Phi) is 6.18. The van der Waals surface area contributed by atoms with Crippen LogP contribution in [0.1, 0.15) is 0 Å². The standard InChI is InChI=1S/C46H29N3/c1-3-13-30(14-4-1)41-29-42(31-15-5-2-6-16-31)48-46(47-41)35-20-10-18-33(28-35)32-17-9-19-34(27-32)36-22-11-24-39-40-25-12-23-38-37-21-7-8-26-43(37)49(44(36)39)45(38)40/h1-29H. The minimum absolute atomic E-state index is 0.709. The van der Waals surface area contributed by atoms with Crippen molar-refractivity contribution in [1.29, 1.82) is 0 Å². The monoisotopic (exact) mass is 623 g/mol. The van der Waals surface area contributed by atoms with Gasteiger partial charge in [0, 0.05) is 43.8 Å². The molecule has 3 nitrogen and oxygen atoms in total. The number of rotatable bonds is 5. The highest BCUT2D eigenvalue weighted by Gasteiger charge is 2.19. The van der Waals surface area contributed by atoms with E-state index in [-0.39, 0.29) is 0 Å². The van der Waals surface area contributed by atoms with E-state index in [4.69, 9.17) is 9.97 Å². The molecule has 0 aliphatic heterocycles. The fourth-order valence-corrected chi connectivity index (χ4v) is 7.50. The third kappa shape index (κ3) is 4.44. The summed E-state index contributed by atoms with van der Waals surface area (Å²) in [5.41, 5.74) is 13.4. The van der Waals surface area contributed by atoms with Crippen LogP contribution in [0.3, 0.4) is 0 Å². The van der Waals surface area contributed by atoms with Crippen LogP contribution in [0.5, 0.6) is 0 Å². The van der Waals surface area contributed by atoms with E-state index >= 15 is 0 Å². The fraction of sp³-hybridized carbons (Fsp3) is 0. The van der Waals surface area contributed by atoms with E-state index in [1.165, 1.54) is 49.2 Å². The van der Waals surface area contributed by atoms with E-state index < -0.39 is 0 Å². The maximum absolute atomic E-state index is 5.08. The van der Waals surface area contributed by atoms with Crippen LogP contribution >= 0.6 is 0 Å². The number of nitrogens with zero attached hydrogens (tertiary/aromatic N) is 3. The summed E-state index contributed by atoms with van der Waals surface area (Å²) in [7, 11) is 0. The third-order valence-electron chi connectivity index (χ3n) is 9.74. The smallest absolute Gasteiger partial charge is 0.160 e. The Morgan fingerprint density at radius 1 is 0.327 bits per heavy atom. The summed E-state index contributed by atoms with van der Waals surface area (Å²) in [6.45, 7) is 0. The number of aromatic nitrogens is 3. The van der Waals surface area contributed by atoms with Gasteiger partial charge in [0.2, 0.25) is 0 Å². The predicted molar refractivity (Wildman–Crippen MR) is 204 cm³/mol. The molecule has 10 rings (SSSR count). The van der Waals surface area contributed by atoms with E-state index in [1.807, 2.05) is 12.1 Å². The van der Waals surface area contributed by atoms with E-state index in [9.17, 15) is 0 Å². The molecule has 0 saturated carbocycles. The first-order valence-corrected chi connectivity index (χ1v) is 16.7. The first kappa shape index (κ1) is 27.5. The van der Waals surface area contributed by atoms with Crippen LogP contribution < -0.4 is 0 Å². The van der Waals surface area contributed by atoms with E-state index in [2.05, 4.69) is 168 Å². The van der Waals surface area contributed by atoms with Gasteiger partial charge in [0.05, 0.1) is 27.9 Å². The van der Waals surface area contributed by atoms with Gasteiger partial charge >= 0.3 is 0 Å². The first-order valence-electron chi connectivity index (χ1n) is 16.7. The quantitative estimate of drug-likeness (QED) is 0.191. The van der Waals surface area contributed by atoms with Crippen molar-refractivity contribution in [2.45, 2.75) is 0 Å². The molecule has 7 aromatic carbocycles. The predicted octanol–water partition coefficient (Wildman–Crippen LogP) is 12.0. The van der Waals surface area contributed by atoms with Crippen LogP contribution in [0, 0.1) is 0 Å². The second-order valence-electron chi connectivity index (χ2n) is 12.6. The van der Waals surface area contributed by atoms with Gasteiger partial charge in [0.25, 0.3) is 0 Å². The Balaban J connectivity index is 1.12. The zero-order chi connectivity index (χ0) is 32.3. The Morgan fingerprint density at radius 2 is 0.796 bits per heavy atom. The average molecular weight is 624 g/mol. The van der Waals surface area contributed by atoms with Gasteiger partial charge in [-0.3, -0.25) is 0 Å². The van der Waals surface area contributed by atoms with Crippen LogP contribution in [0.25, 0.3) is 94.3 Å². The molecule has 0 atom stereocenters. The molecule has 0 bridgehead atoms. The van der Waals surface area contributed by atoms with Crippen LogP contribution in [0.2, 0.25) is 0 Å². The van der Waals surface area contributed by atoms with Crippen LogP contribution in [0.15, 0.2) is 176 Å². The molecule has 0 aliphatic carbocycles. The van der Waals surface area contributed by atoms with Gasteiger partial charge in [0.1, 0.15) is 0 Å². The van der Waals surface area contributed by atoms with Crippen molar-refractivity contribution in [2.75, 3.05) is 0 Å². The van der Waals surface area contributed by atoms with Crippen molar-refractivity contribution >= 4 is 38.1 Å². The number of para-hydroxylation sites is 3. The highest BCUT2D eigenvalue weighted by atomic mass is 14.9. The molecule has 0 N–H and O–H groups in total. The molecule has 0 fully saturated rings. The Hall–Kier alpha value is -6.58. The van der Waals surface area contributed by atoms with Gasteiger partial charge in [-0.2, -0.15) is 0 Å². The second kappa shape index (κ2) is 11.0. The molecule has 3 heteroatoms. The maximum atomic E-state index is 5.08. The lowest BCUT2D eigenvalue weighted by molar-refractivity contribution is 1.18. The molecule has 0 unspecified atom stereocenters. The topological polar surface area (TPSA) is 30.2 Å². The van der Waals surface area contributed by atoms with Crippen LogP contribution in [-0.2, 0) is 0 Å². The summed E-state index contributed by atoms with van der Waals surface area (Å²) in [5, 5.41) is 5.16. The summed E-state index contributed by atoms with van der Waals surface area (Å²) in [4.78, 5) is 10.2. The Labute approximate surface area is 283 Å². The number of hydrogen-bond donors (Lipinski definition) is 0. The van der Waals surface area contributed by atoms with Gasteiger partial charge < -0.3 is 4.40 Å². The van der Waals surface area contributed by atoms with E-state index in [0.29, 0.717) is 5.82 Å². The molecular weight excluding hydrogens is 595 g/mol. The van der Waals surface area contributed by atoms with Gasteiger partial charge in [-0.1, -0.05) is 152 Å². The van der Waals surface area contributed by atoms with E-state index in [0.717, 1.165) is 39.2 Å². The fourth-order valence-electron chi connectivity index (χ4n) is 7.50. The van der Waals surface area contributed by atoms with Gasteiger partial charge in [-0.05, 0) is 41.0 Å². The molecule has 228 valence electrons. The van der Waals surface area contributed by atoms with Crippen molar-refractivity contribution in [3.63, 3.8) is 0 Å². The van der Waals surface area contributed by atoms with Gasteiger partial charge in [-0.25, -0.2) is 9.97 Å². The van der Waals surface area contributed by atoms with Gasteiger partial charge in [0.15, 0.2) is 5.82 Å². The third-order valence-corrected chi connectivity index (χ3v) is 9.74. The average Bonchev–Trinajstić information content (AvgIpc) is 3.71. The lowest BCUT2D eigenvalue weighted by Gasteiger charge is -2.11. The molecule has 0 saturated heterocycles. The lowest BCUT2D eigenvalue weighted by atomic mass is 9.96. The largest absolute Gasteiger partial charge is 0.307 e. The summed E-state index contributed by atoms with van der Waals surface area (Å²) >= 11 is 0. The molecule has 49 heavy (non-hydrogen) atoms. The highest BCUT2D eigenvalue weighted by molar-refractivity contribution is 6.25. The zero-order valence-electron chi connectivity index (χ0n) is 26.6. The molecule has 0 spiro atoms. The SMILES string of the molecule is c1ccc(-c2cc(-c3ccccc3)nc(-c3cccc(-c4cccc(-c5cccc6c7cccc8c9ccccc9n(c56)c87)c4)c3)n2)cc1. The molecule has 0 radical (unpaired) electrons. The van der Waals surface area contributed by atoms with Gasteiger partial charge in [-0.15, -0.1) is 0 Å². The molecule has 3 aromatic heterocycles. The maximum Gasteiger partial charge on any atom is 0.160 e. The Morgan fingerprint density at radius 3 is 1.49 bits per heavy atom. The van der Waals surface area contributed by atoms with Crippen molar-refractivity contribution in [3.05, 3.63) is 176 Å². The van der Waals surface area contributed by atoms with Crippen molar-refractivity contribution in [3.8, 4) is 56.2 Å². The normalized spacial score (nSPS) is 11.7. The Bertz CT molecular complexity index is 2760. The summed E-state index contributed by atoms with van der Waals surface area (Å²) in [6.07, 6.45) is 0. The summed E-state index contributed by atoms with van der Waals surface area (Å²) in [5.74, 6) is 0.709. The number of fused-ring (bicyclic) bond motifs is 6. The van der Waals surface area contributed by atoms with Crippen molar-refractivity contribution < 1.29 is 0 Å². The van der Waals surface area contributed by atoms with E-state index in [1.54, 1.807) is 0 Å². The molecule has 0 amide bonds. The first-order chi connectivity index (χ1) is 24.3. The van der Waals surface area contributed by atoms with Crippen molar-refractivity contribution in [2.24, 2.45) is 0 Å². The number of benzene rings is 7. The van der Waals surface area contributed by atoms with Crippen molar-refractivity contribution in [1.82, 2.24) is 14.4 Å². The minimum Gasteiger partial charge on any atom is -0.307 e. The molecule has 0 aliphatic rings. The summed E-state index contributed by atoms with van der Waals surface area (Å²) in [6, 6.07) is 62.4. The molecule has 3 heterocycles. The highest BCUT2D eigenvalue weighted by Crippen LogP contribution is 2.42. The minimum atomic E-state index is 0.709. The van der Waals surface area contributed by atoms with Crippen LogP contribution in [0.4, 0.5) is 0 Å². The van der Waals surface area contributed by atoms with Crippen LogP contribution in [-0.4, -0.2) is 14.4 Å². The molecule has 10 aromatic rings. The molecular formula is C46H29N3.